The number of rotatable bonds is 8. The second-order valence-corrected chi connectivity index (χ2v) is 4.33. The van der Waals surface area contributed by atoms with Gasteiger partial charge in [-0.05, 0) is 13.8 Å². The molecule has 3 N–H and O–H groups in total. The Balaban J connectivity index is 2.72. The summed E-state index contributed by atoms with van der Waals surface area (Å²) in [7, 11) is 1.52. The molecule has 1 unspecified atom stereocenters. The van der Waals surface area contributed by atoms with Crippen LogP contribution in [-0.4, -0.2) is 43.7 Å². The zero-order chi connectivity index (χ0) is 15.8. The SMILES string of the molecule is CCNc1nc(NC(C)C(=O)NCCOC)c(F)cc1F. The lowest BCUT2D eigenvalue weighted by Gasteiger charge is -2.16. The number of amides is 1. The molecule has 118 valence electrons. The maximum Gasteiger partial charge on any atom is 0.242 e. The lowest BCUT2D eigenvalue weighted by atomic mass is 10.3. The summed E-state index contributed by atoms with van der Waals surface area (Å²) in [5.74, 6) is -2.21. The van der Waals surface area contributed by atoms with Gasteiger partial charge < -0.3 is 20.7 Å². The monoisotopic (exact) mass is 302 g/mol. The summed E-state index contributed by atoms with van der Waals surface area (Å²) >= 11 is 0. The average Bonchev–Trinajstić information content (AvgIpc) is 2.44. The van der Waals surface area contributed by atoms with Gasteiger partial charge in [0, 0.05) is 26.3 Å². The van der Waals surface area contributed by atoms with Gasteiger partial charge in [0.1, 0.15) is 6.04 Å². The first-order chi connectivity index (χ1) is 9.99. The molecule has 0 aliphatic rings. The number of hydrogen-bond donors (Lipinski definition) is 3. The molecule has 1 aromatic rings. The first kappa shape index (κ1) is 17.1. The molecule has 1 aromatic heterocycles. The summed E-state index contributed by atoms with van der Waals surface area (Å²) in [6, 6.07) is 0.00636. The van der Waals surface area contributed by atoms with Crippen LogP contribution in [-0.2, 0) is 9.53 Å². The van der Waals surface area contributed by atoms with Crippen LogP contribution in [0.15, 0.2) is 6.07 Å². The number of hydrogen-bond acceptors (Lipinski definition) is 5. The standard InChI is InChI=1S/C13H20F2N4O2/c1-4-16-11-9(14)7-10(15)12(19-11)18-8(2)13(20)17-5-6-21-3/h7-8H,4-6H2,1-3H3,(H,17,20)(H2,16,18,19). The van der Waals surface area contributed by atoms with Crippen LogP contribution in [0.3, 0.4) is 0 Å². The fourth-order valence-corrected chi connectivity index (χ4v) is 1.56. The third-order valence-electron chi connectivity index (χ3n) is 2.63. The van der Waals surface area contributed by atoms with Crippen LogP contribution in [0.5, 0.6) is 0 Å². The molecule has 1 heterocycles. The summed E-state index contributed by atoms with van der Waals surface area (Å²) in [5, 5.41) is 7.90. The van der Waals surface area contributed by atoms with Crippen molar-refractivity contribution in [2.75, 3.05) is 37.4 Å². The van der Waals surface area contributed by atoms with Crippen molar-refractivity contribution in [2.24, 2.45) is 0 Å². The van der Waals surface area contributed by atoms with Gasteiger partial charge in [0.2, 0.25) is 5.91 Å². The zero-order valence-electron chi connectivity index (χ0n) is 12.3. The van der Waals surface area contributed by atoms with E-state index >= 15 is 0 Å². The van der Waals surface area contributed by atoms with Crippen molar-refractivity contribution in [1.29, 1.82) is 0 Å². The molecule has 0 fully saturated rings. The van der Waals surface area contributed by atoms with E-state index < -0.39 is 17.7 Å². The molecule has 1 atom stereocenters. The Kier molecular flexibility index (Phi) is 6.80. The molecule has 0 aromatic carbocycles. The molecule has 0 spiro atoms. The van der Waals surface area contributed by atoms with E-state index in [0.29, 0.717) is 19.7 Å². The molecule has 21 heavy (non-hydrogen) atoms. The van der Waals surface area contributed by atoms with E-state index in [1.807, 2.05) is 0 Å². The first-order valence-corrected chi connectivity index (χ1v) is 6.62. The molecule has 1 amide bonds. The fraction of sp³-hybridized carbons (Fsp3) is 0.538. The van der Waals surface area contributed by atoms with Gasteiger partial charge in [0.25, 0.3) is 0 Å². The molecular formula is C13H20F2N4O2. The van der Waals surface area contributed by atoms with Gasteiger partial charge in [-0.25, -0.2) is 13.8 Å². The van der Waals surface area contributed by atoms with Gasteiger partial charge in [0.05, 0.1) is 6.61 Å². The number of anilines is 2. The highest BCUT2D eigenvalue weighted by molar-refractivity contribution is 5.83. The van der Waals surface area contributed by atoms with Crippen molar-refractivity contribution >= 4 is 17.5 Å². The third-order valence-corrected chi connectivity index (χ3v) is 2.63. The minimum absolute atomic E-state index is 0.0617. The Labute approximate surface area is 122 Å². The van der Waals surface area contributed by atoms with Crippen LogP contribution in [0.25, 0.3) is 0 Å². The van der Waals surface area contributed by atoms with E-state index in [4.69, 9.17) is 4.74 Å². The maximum atomic E-state index is 13.7. The van der Waals surface area contributed by atoms with Crippen LogP contribution in [0.2, 0.25) is 0 Å². The Morgan fingerprint density at radius 1 is 1.38 bits per heavy atom. The predicted molar refractivity (Wildman–Crippen MR) is 76.3 cm³/mol. The van der Waals surface area contributed by atoms with E-state index in [0.717, 1.165) is 6.07 Å². The summed E-state index contributed by atoms with van der Waals surface area (Å²) < 4.78 is 31.9. The highest BCUT2D eigenvalue weighted by Crippen LogP contribution is 2.19. The van der Waals surface area contributed by atoms with Crippen molar-refractivity contribution < 1.29 is 18.3 Å². The van der Waals surface area contributed by atoms with E-state index in [9.17, 15) is 13.6 Å². The fourth-order valence-electron chi connectivity index (χ4n) is 1.56. The van der Waals surface area contributed by atoms with Gasteiger partial charge in [-0.15, -0.1) is 0 Å². The molecule has 6 nitrogen and oxygen atoms in total. The molecule has 0 radical (unpaired) electrons. The Bertz CT molecular complexity index is 485. The van der Waals surface area contributed by atoms with Gasteiger partial charge in [-0.3, -0.25) is 4.79 Å². The van der Waals surface area contributed by atoms with Crippen LogP contribution in [0.1, 0.15) is 13.8 Å². The highest BCUT2D eigenvalue weighted by Gasteiger charge is 2.17. The number of carbonyl (C=O) groups is 1. The molecule has 0 saturated carbocycles. The number of nitrogens with zero attached hydrogens (tertiary/aromatic N) is 1. The molecular weight excluding hydrogens is 282 g/mol. The average molecular weight is 302 g/mol. The highest BCUT2D eigenvalue weighted by atomic mass is 19.1. The quantitative estimate of drug-likeness (QED) is 0.632. The van der Waals surface area contributed by atoms with Crippen molar-refractivity contribution in [3.05, 3.63) is 17.7 Å². The van der Waals surface area contributed by atoms with Crippen molar-refractivity contribution in [3.63, 3.8) is 0 Å². The molecule has 1 rings (SSSR count). The Hall–Kier alpha value is -1.96. The van der Waals surface area contributed by atoms with Crippen LogP contribution in [0, 0.1) is 11.6 Å². The molecule has 8 heteroatoms. The van der Waals surface area contributed by atoms with Crippen molar-refractivity contribution in [2.45, 2.75) is 19.9 Å². The van der Waals surface area contributed by atoms with Gasteiger partial charge in [0.15, 0.2) is 23.3 Å². The second kappa shape index (κ2) is 8.35. The van der Waals surface area contributed by atoms with E-state index in [1.54, 1.807) is 13.8 Å². The lowest BCUT2D eigenvalue weighted by molar-refractivity contribution is -0.121. The maximum absolute atomic E-state index is 13.7. The van der Waals surface area contributed by atoms with Crippen molar-refractivity contribution in [3.8, 4) is 0 Å². The summed E-state index contributed by atoms with van der Waals surface area (Å²) in [5.41, 5.74) is 0. The number of ether oxygens (including phenoxy) is 1. The van der Waals surface area contributed by atoms with Gasteiger partial charge >= 0.3 is 0 Å². The molecule has 0 saturated heterocycles. The Morgan fingerprint density at radius 3 is 2.67 bits per heavy atom. The Morgan fingerprint density at radius 2 is 2.05 bits per heavy atom. The second-order valence-electron chi connectivity index (χ2n) is 4.33. The van der Waals surface area contributed by atoms with E-state index in [-0.39, 0.29) is 17.5 Å². The molecule has 0 aliphatic heterocycles. The minimum atomic E-state index is -0.856. The minimum Gasteiger partial charge on any atom is -0.383 e. The number of nitrogens with one attached hydrogen (secondary N) is 3. The number of aromatic nitrogens is 1. The van der Waals surface area contributed by atoms with E-state index in [2.05, 4.69) is 20.9 Å². The summed E-state index contributed by atoms with van der Waals surface area (Å²) in [6.45, 7) is 4.50. The van der Waals surface area contributed by atoms with Crippen LogP contribution >= 0.6 is 0 Å². The van der Waals surface area contributed by atoms with Crippen LogP contribution in [0.4, 0.5) is 20.4 Å². The van der Waals surface area contributed by atoms with Crippen LogP contribution < -0.4 is 16.0 Å². The topological polar surface area (TPSA) is 75.3 Å². The van der Waals surface area contributed by atoms with E-state index in [1.165, 1.54) is 7.11 Å². The normalized spacial score (nSPS) is 11.9. The largest absolute Gasteiger partial charge is 0.383 e. The number of halogens is 2. The molecule has 0 bridgehead atoms. The lowest BCUT2D eigenvalue weighted by Crippen LogP contribution is -2.39. The molecule has 0 aliphatic carbocycles. The summed E-state index contributed by atoms with van der Waals surface area (Å²) in [4.78, 5) is 15.5. The smallest absolute Gasteiger partial charge is 0.242 e. The number of carbonyl (C=O) groups excluding carboxylic acids is 1. The number of methoxy groups -OCH3 is 1. The van der Waals surface area contributed by atoms with Gasteiger partial charge in [-0.1, -0.05) is 0 Å². The van der Waals surface area contributed by atoms with Crippen molar-refractivity contribution in [1.82, 2.24) is 10.3 Å². The van der Waals surface area contributed by atoms with Gasteiger partial charge in [-0.2, -0.15) is 0 Å². The summed E-state index contributed by atoms with van der Waals surface area (Å²) in [6.07, 6.45) is 0. The first-order valence-electron chi connectivity index (χ1n) is 6.62. The zero-order valence-corrected chi connectivity index (χ0v) is 12.3. The third kappa shape index (κ3) is 5.14. The predicted octanol–water partition coefficient (Wildman–Crippen LogP) is 1.35. The number of pyridine rings is 1.